The van der Waals surface area contributed by atoms with E-state index in [1.54, 1.807) is 6.20 Å². The lowest BCUT2D eigenvalue weighted by Crippen LogP contribution is -2.49. The second-order valence-electron chi connectivity index (χ2n) is 9.85. The summed E-state index contributed by atoms with van der Waals surface area (Å²) >= 11 is 0. The smallest absolute Gasteiger partial charge is 0.276 e. The molecule has 2 aromatic heterocycles. The first kappa shape index (κ1) is 22.8. The fraction of sp³-hybridized carbons (Fsp3) is 0.519. The van der Waals surface area contributed by atoms with E-state index in [1.165, 1.54) is 42.6 Å². The van der Waals surface area contributed by atoms with E-state index in [4.69, 9.17) is 0 Å². The van der Waals surface area contributed by atoms with Crippen molar-refractivity contribution in [3.8, 4) is 0 Å². The minimum Gasteiger partial charge on any atom is -0.343 e. The monoisotopic (exact) mass is 461 g/mol. The van der Waals surface area contributed by atoms with Crippen LogP contribution < -0.4 is 5.56 Å². The van der Waals surface area contributed by atoms with Gasteiger partial charge in [0.15, 0.2) is 0 Å². The minimum absolute atomic E-state index is 0.00546. The largest absolute Gasteiger partial charge is 0.343 e. The second kappa shape index (κ2) is 9.74. The van der Waals surface area contributed by atoms with Crippen LogP contribution in [0.2, 0.25) is 0 Å². The summed E-state index contributed by atoms with van der Waals surface area (Å²) in [5, 5.41) is 5.92. The average molecular weight is 462 g/mol. The minimum atomic E-state index is -0.179. The zero-order chi connectivity index (χ0) is 23.7. The van der Waals surface area contributed by atoms with Gasteiger partial charge in [-0.25, -0.2) is 4.68 Å². The number of fused-ring (bicyclic) bond motifs is 1. The lowest BCUT2D eigenvalue weighted by molar-refractivity contribution is -0.133. The van der Waals surface area contributed by atoms with Crippen LogP contribution in [0.15, 0.2) is 41.3 Å². The lowest BCUT2D eigenvalue weighted by atomic mass is 10.00. The number of carbonyl (C=O) groups excluding carboxylic acids is 1. The Hall–Kier alpha value is -2.93. The number of hydrogen-bond donors (Lipinski definition) is 0. The number of carbonyl (C=O) groups is 1. The molecule has 180 valence electrons. The van der Waals surface area contributed by atoms with E-state index in [9.17, 15) is 9.59 Å². The molecule has 3 aromatic rings. The molecule has 1 amide bonds. The van der Waals surface area contributed by atoms with Gasteiger partial charge in [0.1, 0.15) is 6.54 Å². The highest BCUT2D eigenvalue weighted by molar-refractivity contribution is 5.87. The number of rotatable bonds is 5. The highest BCUT2D eigenvalue weighted by Gasteiger charge is 2.28. The fourth-order valence-electron chi connectivity index (χ4n) is 5.75. The highest BCUT2D eigenvalue weighted by Crippen LogP contribution is 2.24. The van der Waals surface area contributed by atoms with Crippen molar-refractivity contribution >= 4 is 16.7 Å². The quantitative estimate of drug-likeness (QED) is 0.585. The summed E-state index contributed by atoms with van der Waals surface area (Å²) in [4.78, 5) is 30.9. The molecular weight excluding hydrogens is 426 g/mol. The van der Waals surface area contributed by atoms with E-state index in [0.29, 0.717) is 18.0 Å². The molecule has 2 aliphatic rings. The Balaban J connectivity index is 1.30. The summed E-state index contributed by atoms with van der Waals surface area (Å²) in [5.41, 5.74) is 2.96. The van der Waals surface area contributed by atoms with Crippen molar-refractivity contribution in [3.63, 3.8) is 0 Å². The summed E-state index contributed by atoms with van der Waals surface area (Å²) < 4.78 is 3.52. The molecule has 0 spiro atoms. The Morgan fingerprint density at radius 2 is 1.68 bits per heavy atom. The second-order valence-corrected chi connectivity index (χ2v) is 9.85. The van der Waals surface area contributed by atoms with E-state index < -0.39 is 0 Å². The SMILES string of the molecule is Cc1c2cnn(CC(=O)N3CCC(N4CCCCC4)CC3)c(=O)c2c(C)n1Cc1ccccc1. The summed E-state index contributed by atoms with van der Waals surface area (Å²) in [6.07, 6.45) is 7.72. The average Bonchev–Trinajstić information content (AvgIpc) is 3.12. The molecule has 0 bridgehead atoms. The first-order valence-corrected chi connectivity index (χ1v) is 12.6. The van der Waals surface area contributed by atoms with Crippen LogP contribution in [0.4, 0.5) is 0 Å². The standard InChI is InChI=1S/C27H35N5O2/c1-20-24-17-28-32(27(34)26(24)21(2)31(20)18-22-9-5-3-6-10-22)19-25(33)30-15-11-23(12-16-30)29-13-7-4-8-14-29/h3,5-6,9-10,17,23H,4,7-8,11-16,18-19H2,1-2H3. The zero-order valence-electron chi connectivity index (χ0n) is 20.4. The molecule has 0 saturated carbocycles. The molecule has 2 fully saturated rings. The third-order valence-corrected chi connectivity index (χ3v) is 7.80. The normalized spacial score (nSPS) is 18.0. The summed E-state index contributed by atoms with van der Waals surface area (Å²) in [6, 6.07) is 10.8. The van der Waals surface area contributed by atoms with Gasteiger partial charge in [0.05, 0.1) is 11.6 Å². The molecule has 2 aliphatic heterocycles. The van der Waals surface area contributed by atoms with Crippen molar-refractivity contribution in [3.05, 3.63) is 63.8 Å². The molecule has 2 saturated heterocycles. The molecule has 1 aromatic carbocycles. The van der Waals surface area contributed by atoms with Crippen LogP contribution in [0.5, 0.6) is 0 Å². The maximum atomic E-state index is 13.4. The maximum absolute atomic E-state index is 13.4. The van der Waals surface area contributed by atoms with Crippen LogP contribution in [0, 0.1) is 13.8 Å². The van der Waals surface area contributed by atoms with E-state index in [2.05, 4.69) is 26.7 Å². The number of aromatic nitrogens is 3. The van der Waals surface area contributed by atoms with Gasteiger partial charge >= 0.3 is 0 Å². The van der Waals surface area contributed by atoms with Crippen molar-refractivity contribution in [1.82, 2.24) is 24.1 Å². The molecule has 0 unspecified atom stereocenters. The maximum Gasteiger partial charge on any atom is 0.276 e. The van der Waals surface area contributed by atoms with Crippen LogP contribution in [0.1, 0.15) is 49.1 Å². The first-order valence-electron chi connectivity index (χ1n) is 12.6. The van der Waals surface area contributed by atoms with Gasteiger partial charge in [-0.1, -0.05) is 36.8 Å². The summed E-state index contributed by atoms with van der Waals surface area (Å²) in [5.74, 6) is -0.0101. The lowest BCUT2D eigenvalue weighted by Gasteiger charge is -2.40. The zero-order valence-corrected chi connectivity index (χ0v) is 20.4. The van der Waals surface area contributed by atoms with Gasteiger partial charge < -0.3 is 14.4 Å². The fourth-order valence-corrected chi connectivity index (χ4v) is 5.75. The van der Waals surface area contributed by atoms with Crippen molar-refractivity contribution in [2.75, 3.05) is 26.2 Å². The molecule has 7 heteroatoms. The number of amides is 1. The number of aryl methyl sites for hydroxylation is 2. The third-order valence-electron chi connectivity index (χ3n) is 7.80. The predicted molar refractivity (Wildman–Crippen MR) is 134 cm³/mol. The van der Waals surface area contributed by atoms with Crippen molar-refractivity contribution < 1.29 is 4.79 Å². The van der Waals surface area contributed by atoms with Gasteiger partial charge in [-0.3, -0.25) is 9.59 Å². The Bertz CT molecular complexity index is 1220. The van der Waals surface area contributed by atoms with Crippen LogP contribution >= 0.6 is 0 Å². The Morgan fingerprint density at radius 1 is 0.971 bits per heavy atom. The van der Waals surface area contributed by atoms with E-state index >= 15 is 0 Å². The van der Waals surface area contributed by atoms with Gasteiger partial charge in [0.25, 0.3) is 5.56 Å². The molecule has 34 heavy (non-hydrogen) atoms. The van der Waals surface area contributed by atoms with E-state index in [-0.39, 0.29) is 18.0 Å². The van der Waals surface area contributed by atoms with Gasteiger partial charge in [-0.2, -0.15) is 5.10 Å². The number of likely N-dealkylation sites (tertiary alicyclic amines) is 2. The van der Waals surface area contributed by atoms with Gasteiger partial charge in [-0.15, -0.1) is 0 Å². The molecule has 4 heterocycles. The van der Waals surface area contributed by atoms with Crippen molar-refractivity contribution in [2.24, 2.45) is 0 Å². The summed E-state index contributed by atoms with van der Waals surface area (Å²) in [6.45, 7) is 8.65. The topological polar surface area (TPSA) is 63.4 Å². The number of hydrogen-bond acceptors (Lipinski definition) is 4. The number of benzene rings is 1. The van der Waals surface area contributed by atoms with Crippen molar-refractivity contribution in [1.29, 1.82) is 0 Å². The Morgan fingerprint density at radius 3 is 2.38 bits per heavy atom. The molecule has 0 N–H and O–H groups in total. The molecule has 0 radical (unpaired) electrons. The predicted octanol–water partition coefficient (Wildman–Crippen LogP) is 3.34. The van der Waals surface area contributed by atoms with Crippen LogP contribution in [0.3, 0.4) is 0 Å². The Labute approximate surface area is 201 Å². The summed E-state index contributed by atoms with van der Waals surface area (Å²) in [7, 11) is 0. The van der Waals surface area contributed by atoms with Gasteiger partial charge in [0.2, 0.25) is 5.91 Å². The van der Waals surface area contributed by atoms with Crippen LogP contribution in [-0.2, 0) is 17.9 Å². The molecule has 5 rings (SSSR count). The van der Waals surface area contributed by atoms with E-state index in [0.717, 1.165) is 42.7 Å². The number of nitrogens with zero attached hydrogens (tertiary/aromatic N) is 5. The Kier molecular flexibility index (Phi) is 6.55. The van der Waals surface area contributed by atoms with E-state index in [1.807, 2.05) is 36.9 Å². The third kappa shape index (κ3) is 4.41. The molecule has 7 nitrogen and oxygen atoms in total. The van der Waals surface area contributed by atoms with Gasteiger partial charge in [0, 0.05) is 42.5 Å². The van der Waals surface area contributed by atoms with Crippen LogP contribution in [-0.4, -0.2) is 62.3 Å². The number of piperidine rings is 2. The highest BCUT2D eigenvalue weighted by atomic mass is 16.2. The molecule has 0 aliphatic carbocycles. The molecule has 0 atom stereocenters. The van der Waals surface area contributed by atoms with Crippen LogP contribution in [0.25, 0.3) is 10.8 Å². The first-order chi connectivity index (χ1) is 16.5. The van der Waals surface area contributed by atoms with Gasteiger partial charge in [-0.05, 0) is 58.2 Å². The van der Waals surface area contributed by atoms with Crippen molar-refractivity contribution in [2.45, 2.75) is 65.1 Å². The molecular formula is C27H35N5O2.